The first-order valence-electron chi connectivity index (χ1n) is 9.66. The number of benzene rings is 2. The summed E-state index contributed by atoms with van der Waals surface area (Å²) in [5, 5.41) is 0. The van der Waals surface area contributed by atoms with Crippen molar-refractivity contribution in [2.24, 2.45) is 0 Å². The quantitative estimate of drug-likeness (QED) is 0.429. The van der Waals surface area contributed by atoms with Crippen molar-refractivity contribution in [3.63, 3.8) is 0 Å². The number of halogens is 2. The lowest BCUT2D eigenvalue weighted by atomic mass is 9.87. The van der Waals surface area contributed by atoms with Crippen LogP contribution in [-0.4, -0.2) is 34.0 Å². The van der Waals surface area contributed by atoms with Crippen LogP contribution in [0.25, 0.3) is 12.2 Å². The van der Waals surface area contributed by atoms with Gasteiger partial charge < -0.3 is 9.80 Å². The van der Waals surface area contributed by atoms with E-state index in [-0.39, 0.29) is 5.78 Å². The van der Waals surface area contributed by atoms with Gasteiger partial charge in [0.15, 0.2) is 5.78 Å². The molecule has 0 bridgehead atoms. The molecule has 1 aliphatic carbocycles. The van der Waals surface area contributed by atoms with E-state index >= 15 is 0 Å². The summed E-state index contributed by atoms with van der Waals surface area (Å²) in [5.41, 5.74) is 6.10. The van der Waals surface area contributed by atoms with Crippen LogP contribution in [0.1, 0.15) is 30.4 Å². The van der Waals surface area contributed by atoms with Crippen molar-refractivity contribution in [2.45, 2.75) is 19.3 Å². The fourth-order valence-corrected chi connectivity index (χ4v) is 5.03. The van der Waals surface area contributed by atoms with E-state index in [0.717, 1.165) is 61.9 Å². The highest BCUT2D eigenvalue weighted by Crippen LogP contribution is 2.32. The van der Waals surface area contributed by atoms with E-state index in [9.17, 15) is 4.79 Å². The van der Waals surface area contributed by atoms with Gasteiger partial charge in [-0.05, 0) is 98.7 Å². The Kier molecular flexibility index (Phi) is 7.01. The topological polar surface area (TPSA) is 23.6 Å². The van der Waals surface area contributed by atoms with Crippen molar-refractivity contribution in [1.29, 1.82) is 0 Å². The van der Waals surface area contributed by atoms with Crippen LogP contribution in [0, 0.1) is 0 Å². The molecule has 0 saturated heterocycles. The molecule has 5 heteroatoms. The molecule has 0 unspecified atom stereocenters. The molecule has 0 radical (unpaired) electrons. The summed E-state index contributed by atoms with van der Waals surface area (Å²) in [6, 6.07) is 12.4. The number of carbonyl (C=O) groups is 1. The van der Waals surface area contributed by atoms with Crippen LogP contribution < -0.4 is 9.80 Å². The highest BCUT2D eigenvalue weighted by Gasteiger charge is 2.20. The first-order chi connectivity index (χ1) is 13.8. The third-order valence-corrected chi connectivity index (χ3v) is 6.33. The number of anilines is 2. The van der Waals surface area contributed by atoms with Gasteiger partial charge >= 0.3 is 0 Å². The summed E-state index contributed by atoms with van der Waals surface area (Å²) in [4.78, 5) is 17.2. The molecular formula is C24H26Br2N2O. The predicted molar refractivity (Wildman–Crippen MR) is 132 cm³/mol. The summed E-state index contributed by atoms with van der Waals surface area (Å²) in [6.07, 6.45) is 6.71. The van der Waals surface area contributed by atoms with Crippen LogP contribution in [0.5, 0.6) is 0 Å². The molecule has 0 amide bonds. The Morgan fingerprint density at radius 1 is 0.759 bits per heavy atom. The highest BCUT2D eigenvalue weighted by molar-refractivity contribution is 9.11. The molecule has 2 aromatic rings. The molecule has 0 spiro atoms. The van der Waals surface area contributed by atoms with E-state index < -0.39 is 0 Å². The van der Waals surface area contributed by atoms with E-state index in [4.69, 9.17) is 0 Å². The molecule has 0 N–H and O–H groups in total. The normalized spacial score (nSPS) is 17.1. The van der Waals surface area contributed by atoms with Gasteiger partial charge in [-0.2, -0.15) is 0 Å². The van der Waals surface area contributed by atoms with Gasteiger partial charge in [0.05, 0.1) is 11.4 Å². The first kappa shape index (κ1) is 21.8. The van der Waals surface area contributed by atoms with Gasteiger partial charge in [-0.1, -0.05) is 12.1 Å². The smallest absolute Gasteiger partial charge is 0.185 e. The van der Waals surface area contributed by atoms with Crippen molar-refractivity contribution in [3.8, 4) is 0 Å². The zero-order valence-electron chi connectivity index (χ0n) is 17.3. The molecule has 152 valence electrons. The van der Waals surface area contributed by atoms with Crippen molar-refractivity contribution in [1.82, 2.24) is 0 Å². The number of allylic oxidation sites excluding steroid dienone is 2. The van der Waals surface area contributed by atoms with Gasteiger partial charge in [0.2, 0.25) is 0 Å². The number of nitrogens with zero attached hydrogens (tertiary/aromatic N) is 2. The summed E-state index contributed by atoms with van der Waals surface area (Å²) >= 11 is 7.26. The van der Waals surface area contributed by atoms with Crippen LogP contribution in [0.3, 0.4) is 0 Å². The largest absolute Gasteiger partial charge is 0.377 e. The Morgan fingerprint density at radius 3 is 1.52 bits per heavy atom. The molecule has 29 heavy (non-hydrogen) atoms. The molecule has 3 nitrogen and oxygen atoms in total. The zero-order chi connectivity index (χ0) is 21.1. The van der Waals surface area contributed by atoms with E-state index in [1.54, 1.807) is 0 Å². The van der Waals surface area contributed by atoms with Gasteiger partial charge in [-0.25, -0.2) is 0 Å². The lowest BCUT2D eigenvalue weighted by Crippen LogP contribution is -2.12. The Bertz CT molecular complexity index is 913. The van der Waals surface area contributed by atoms with Crippen LogP contribution in [0.4, 0.5) is 11.4 Å². The number of hydrogen-bond donors (Lipinski definition) is 0. The monoisotopic (exact) mass is 516 g/mol. The average Bonchev–Trinajstić information content (AvgIpc) is 2.64. The van der Waals surface area contributed by atoms with E-state index in [1.165, 1.54) is 0 Å². The summed E-state index contributed by atoms with van der Waals surface area (Å²) in [5.74, 6) is 0.164. The molecule has 0 atom stereocenters. The second-order valence-corrected chi connectivity index (χ2v) is 9.44. The Labute approximate surface area is 190 Å². The number of rotatable bonds is 4. The molecule has 0 aromatic heterocycles. The van der Waals surface area contributed by atoms with Crippen LogP contribution >= 0.6 is 31.9 Å². The fourth-order valence-electron chi connectivity index (χ4n) is 3.53. The number of carbonyl (C=O) groups excluding carboxylic acids is 1. The maximum absolute atomic E-state index is 13.1. The molecule has 3 rings (SSSR count). The lowest BCUT2D eigenvalue weighted by molar-refractivity contribution is -0.112. The molecule has 2 aromatic carbocycles. The minimum Gasteiger partial charge on any atom is -0.377 e. The first-order valence-corrected chi connectivity index (χ1v) is 11.2. The average molecular weight is 518 g/mol. The van der Waals surface area contributed by atoms with Gasteiger partial charge in [0.1, 0.15) is 0 Å². The minimum atomic E-state index is 0.164. The predicted octanol–water partition coefficient (Wildman–Crippen LogP) is 6.56. The van der Waals surface area contributed by atoms with Crippen LogP contribution in [-0.2, 0) is 4.79 Å². The van der Waals surface area contributed by atoms with Crippen molar-refractivity contribution in [3.05, 3.63) is 67.6 Å². The summed E-state index contributed by atoms with van der Waals surface area (Å²) < 4.78 is 2.06. The van der Waals surface area contributed by atoms with Gasteiger partial charge in [-0.3, -0.25) is 4.79 Å². The van der Waals surface area contributed by atoms with Gasteiger partial charge in [0.25, 0.3) is 0 Å². The standard InChI is InChI=1S/C24H26Br2N2O/c1-27(2)22-10-8-16(14-20(22)25)12-18-6-5-7-19(24(18)29)13-17-9-11-23(28(3)4)21(26)15-17/h8-15H,5-7H2,1-4H3/b18-12+,19-13+. The molecule has 1 aliphatic rings. The number of Topliss-reactive ketones (excluding diaryl/α,β-unsaturated/α-hetero) is 1. The maximum atomic E-state index is 13.1. The Balaban J connectivity index is 1.87. The number of ketones is 1. The summed E-state index contributed by atoms with van der Waals surface area (Å²) in [7, 11) is 8.07. The van der Waals surface area contributed by atoms with E-state index in [1.807, 2.05) is 40.3 Å². The highest BCUT2D eigenvalue weighted by atomic mass is 79.9. The van der Waals surface area contributed by atoms with E-state index in [0.29, 0.717) is 0 Å². The third kappa shape index (κ3) is 5.20. The second-order valence-electron chi connectivity index (χ2n) is 7.73. The van der Waals surface area contributed by atoms with Gasteiger partial charge in [0, 0.05) is 48.3 Å². The maximum Gasteiger partial charge on any atom is 0.185 e. The number of hydrogen-bond acceptors (Lipinski definition) is 3. The van der Waals surface area contributed by atoms with Gasteiger partial charge in [-0.15, -0.1) is 0 Å². The Hall–Kier alpha value is -1.85. The van der Waals surface area contributed by atoms with Crippen LogP contribution in [0.2, 0.25) is 0 Å². The third-order valence-electron chi connectivity index (χ3n) is 5.06. The molecule has 0 heterocycles. The zero-order valence-corrected chi connectivity index (χ0v) is 20.5. The van der Waals surface area contributed by atoms with Crippen molar-refractivity contribution >= 4 is 61.2 Å². The SMILES string of the molecule is CN(C)c1ccc(/C=C2\CCC/C(=C\c3ccc(N(C)C)c(Br)c3)C2=O)cc1Br. The van der Waals surface area contributed by atoms with Crippen molar-refractivity contribution in [2.75, 3.05) is 38.0 Å². The van der Waals surface area contributed by atoms with E-state index in [2.05, 4.69) is 78.1 Å². The molecule has 1 saturated carbocycles. The van der Waals surface area contributed by atoms with Crippen molar-refractivity contribution < 1.29 is 4.79 Å². The Morgan fingerprint density at radius 2 is 1.17 bits per heavy atom. The van der Waals surface area contributed by atoms with Crippen LogP contribution in [0.15, 0.2) is 56.5 Å². The molecule has 1 fully saturated rings. The minimum absolute atomic E-state index is 0.164. The molecular weight excluding hydrogens is 492 g/mol. The summed E-state index contributed by atoms with van der Waals surface area (Å²) in [6.45, 7) is 0. The lowest BCUT2D eigenvalue weighted by Gasteiger charge is -2.18. The fraction of sp³-hybridized carbons (Fsp3) is 0.292. The second kappa shape index (κ2) is 9.31. The molecule has 0 aliphatic heterocycles.